The van der Waals surface area contributed by atoms with Gasteiger partial charge >= 0.3 is 12.1 Å². The normalized spacial score (nSPS) is 11.4. The number of hydrogen-bond acceptors (Lipinski definition) is 8. The molecule has 182 valence electrons. The van der Waals surface area contributed by atoms with Gasteiger partial charge in [0, 0.05) is 33.0 Å². The van der Waals surface area contributed by atoms with Crippen LogP contribution in [0.4, 0.5) is 30.6 Å². The second kappa shape index (κ2) is 11.0. The van der Waals surface area contributed by atoms with Crippen molar-refractivity contribution in [1.82, 2.24) is 9.97 Å². The van der Waals surface area contributed by atoms with Gasteiger partial charge in [-0.25, -0.2) is 9.78 Å². The molecule has 8 nitrogen and oxygen atoms in total. The Labute approximate surface area is 194 Å². The monoisotopic (exact) mass is 478 g/mol. The molecule has 3 aromatic rings. The van der Waals surface area contributed by atoms with Gasteiger partial charge in [0.05, 0.1) is 18.4 Å². The summed E-state index contributed by atoms with van der Waals surface area (Å²) in [7, 11) is 3.10. The van der Waals surface area contributed by atoms with Crippen molar-refractivity contribution in [1.29, 1.82) is 0 Å². The van der Waals surface area contributed by atoms with Crippen LogP contribution in [0.3, 0.4) is 0 Å². The first-order chi connectivity index (χ1) is 16.3. The number of methoxy groups -OCH3 is 1. The molecule has 34 heavy (non-hydrogen) atoms. The number of rotatable bonds is 10. The van der Waals surface area contributed by atoms with E-state index in [0.29, 0.717) is 19.6 Å². The molecule has 1 aromatic carbocycles. The third kappa shape index (κ3) is 5.84. The van der Waals surface area contributed by atoms with Crippen molar-refractivity contribution in [3.63, 3.8) is 0 Å². The van der Waals surface area contributed by atoms with Crippen molar-refractivity contribution in [2.75, 3.05) is 44.1 Å². The first kappa shape index (κ1) is 25.0. The molecular weight excluding hydrogens is 453 g/mol. The molecule has 0 aliphatic carbocycles. The fourth-order valence-electron chi connectivity index (χ4n) is 3.18. The van der Waals surface area contributed by atoms with E-state index in [1.165, 1.54) is 30.3 Å². The predicted octanol–water partition coefficient (Wildman–Crippen LogP) is 5.15. The van der Waals surface area contributed by atoms with E-state index in [1.54, 1.807) is 26.2 Å². The summed E-state index contributed by atoms with van der Waals surface area (Å²) in [6.45, 7) is 2.71. The second-order valence-electron chi connectivity index (χ2n) is 7.17. The van der Waals surface area contributed by atoms with Gasteiger partial charge in [0.1, 0.15) is 11.3 Å². The molecule has 0 bridgehead atoms. The van der Waals surface area contributed by atoms with Crippen LogP contribution in [-0.4, -0.2) is 49.9 Å². The minimum absolute atomic E-state index is 0.0286. The van der Waals surface area contributed by atoms with E-state index in [0.717, 1.165) is 12.1 Å². The summed E-state index contributed by atoms with van der Waals surface area (Å²) in [5.41, 5.74) is -0.525. The minimum atomic E-state index is -4.53. The Morgan fingerprint density at radius 1 is 1.21 bits per heavy atom. The lowest BCUT2D eigenvalue weighted by atomic mass is 10.1. The number of nitrogens with zero attached hydrogens (tertiary/aromatic N) is 3. The smallest absolute Gasteiger partial charge is 0.416 e. The Morgan fingerprint density at radius 3 is 2.65 bits per heavy atom. The van der Waals surface area contributed by atoms with Crippen molar-refractivity contribution in [2.24, 2.45) is 0 Å². The van der Waals surface area contributed by atoms with Crippen molar-refractivity contribution in [3.8, 4) is 11.5 Å². The standard InChI is InChI=1S/C23H25F3N4O4/c1-4-33-21(31)18-19(17-10-6-13-34-17)28-22(27-11-7-12-32-3)29-20(18)30(2)16-9-5-8-15(14-16)23(24,25)26/h5-6,8-10,13-14H,4,7,11-12H2,1-3H3,(H,27,28,29). The fraction of sp³-hybridized carbons (Fsp3) is 0.348. The Balaban J connectivity index is 2.16. The highest BCUT2D eigenvalue weighted by Crippen LogP contribution is 2.36. The van der Waals surface area contributed by atoms with Crippen molar-refractivity contribution in [3.05, 3.63) is 53.8 Å². The van der Waals surface area contributed by atoms with Gasteiger partial charge in [-0.3, -0.25) is 0 Å². The molecule has 0 radical (unpaired) electrons. The van der Waals surface area contributed by atoms with E-state index in [4.69, 9.17) is 13.9 Å². The SMILES string of the molecule is CCOC(=O)c1c(-c2ccco2)nc(NCCCOC)nc1N(C)c1cccc(C(F)(F)F)c1. The number of ether oxygens (including phenoxy) is 2. The molecule has 0 unspecified atom stereocenters. The largest absolute Gasteiger partial charge is 0.463 e. The summed E-state index contributed by atoms with van der Waals surface area (Å²) in [5, 5.41) is 3.06. The molecule has 0 amide bonds. The highest BCUT2D eigenvalue weighted by atomic mass is 19.4. The number of furan rings is 1. The summed E-state index contributed by atoms with van der Waals surface area (Å²) < 4.78 is 55.7. The Bertz CT molecular complexity index is 1100. The van der Waals surface area contributed by atoms with Gasteiger partial charge in [-0.2, -0.15) is 18.2 Å². The van der Waals surface area contributed by atoms with E-state index >= 15 is 0 Å². The maximum atomic E-state index is 13.3. The zero-order chi connectivity index (χ0) is 24.7. The van der Waals surface area contributed by atoms with Crippen LogP contribution in [0.2, 0.25) is 0 Å². The second-order valence-corrected chi connectivity index (χ2v) is 7.17. The van der Waals surface area contributed by atoms with Crippen LogP contribution in [0.25, 0.3) is 11.5 Å². The van der Waals surface area contributed by atoms with Crippen LogP contribution in [-0.2, 0) is 15.7 Å². The summed E-state index contributed by atoms with van der Waals surface area (Å²) >= 11 is 0. The maximum Gasteiger partial charge on any atom is 0.416 e. The fourth-order valence-corrected chi connectivity index (χ4v) is 3.18. The number of anilines is 3. The van der Waals surface area contributed by atoms with Gasteiger partial charge in [0.15, 0.2) is 11.6 Å². The molecule has 11 heteroatoms. The quantitative estimate of drug-likeness (QED) is 0.316. The molecule has 0 saturated carbocycles. The van der Waals surface area contributed by atoms with Gasteiger partial charge in [0.2, 0.25) is 5.95 Å². The van der Waals surface area contributed by atoms with E-state index in [1.807, 2.05) is 0 Å². The van der Waals surface area contributed by atoms with Crippen molar-refractivity contribution < 1.29 is 31.9 Å². The third-order valence-corrected chi connectivity index (χ3v) is 4.81. The lowest BCUT2D eigenvalue weighted by Crippen LogP contribution is -2.21. The highest BCUT2D eigenvalue weighted by molar-refractivity contribution is 6.01. The maximum absolute atomic E-state index is 13.3. The number of aromatic nitrogens is 2. The molecule has 0 aliphatic rings. The number of alkyl halides is 3. The number of halogens is 3. The molecule has 2 heterocycles. The topological polar surface area (TPSA) is 89.7 Å². The Hall–Kier alpha value is -3.60. The molecule has 0 fully saturated rings. The zero-order valence-electron chi connectivity index (χ0n) is 19.0. The number of carbonyl (C=O) groups excluding carboxylic acids is 1. The first-order valence-electron chi connectivity index (χ1n) is 10.5. The summed E-state index contributed by atoms with van der Waals surface area (Å²) in [6, 6.07) is 7.99. The average molecular weight is 478 g/mol. The number of nitrogens with one attached hydrogen (secondary N) is 1. The summed E-state index contributed by atoms with van der Waals surface area (Å²) in [5.74, 6) is -0.212. The highest BCUT2D eigenvalue weighted by Gasteiger charge is 2.32. The van der Waals surface area contributed by atoms with Crippen molar-refractivity contribution in [2.45, 2.75) is 19.5 Å². The number of hydrogen-bond donors (Lipinski definition) is 1. The third-order valence-electron chi connectivity index (χ3n) is 4.81. The Kier molecular flexibility index (Phi) is 8.11. The minimum Gasteiger partial charge on any atom is -0.463 e. The van der Waals surface area contributed by atoms with Gasteiger partial charge in [-0.05, 0) is 43.7 Å². The van der Waals surface area contributed by atoms with Crippen LogP contribution in [0.1, 0.15) is 29.3 Å². The molecule has 0 spiro atoms. The van der Waals surface area contributed by atoms with Crippen LogP contribution in [0.15, 0.2) is 47.1 Å². The summed E-state index contributed by atoms with van der Waals surface area (Å²) in [4.78, 5) is 23.2. The van der Waals surface area contributed by atoms with Crippen LogP contribution < -0.4 is 10.2 Å². The van der Waals surface area contributed by atoms with Crippen LogP contribution in [0.5, 0.6) is 0 Å². The lowest BCUT2D eigenvalue weighted by molar-refractivity contribution is -0.137. The molecule has 2 aromatic heterocycles. The van der Waals surface area contributed by atoms with E-state index in [-0.39, 0.29) is 41.1 Å². The number of benzene rings is 1. The van der Waals surface area contributed by atoms with E-state index in [9.17, 15) is 18.0 Å². The van der Waals surface area contributed by atoms with Gasteiger partial charge < -0.3 is 24.1 Å². The van der Waals surface area contributed by atoms with Crippen molar-refractivity contribution >= 4 is 23.4 Å². The van der Waals surface area contributed by atoms with E-state index < -0.39 is 17.7 Å². The predicted molar refractivity (Wildman–Crippen MR) is 120 cm³/mol. The van der Waals surface area contributed by atoms with Gasteiger partial charge in [-0.1, -0.05) is 6.07 Å². The molecule has 1 N–H and O–H groups in total. The first-order valence-corrected chi connectivity index (χ1v) is 10.5. The van der Waals surface area contributed by atoms with Gasteiger partial charge in [0.25, 0.3) is 0 Å². The molecule has 3 rings (SSSR count). The average Bonchev–Trinajstić information content (AvgIpc) is 3.35. The van der Waals surface area contributed by atoms with Crippen LogP contribution >= 0.6 is 0 Å². The zero-order valence-corrected chi connectivity index (χ0v) is 19.0. The number of esters is 1. The lowest BCUT2D eigenvalue weighted by Gasteiger charge is -2.23. The van der Waals surface area contributed by atoms with Crippen LogP contribution in [0, 0.1) is 0 Å². The number of carbonyl (C=O) groups is 1. The molecular formula is C23H25F3N4O4. The summed E-state index contributed by atoms with van der Waals surface area (Å²) in [6.07, 6.45) is -2.44. The molecule has 0 aliphatic heterocycles. The molecule has 0 saturated heterocycles. The van der Waals surface area contributed by atoms with E-state index in [2.05, 4.69) is 15.3 Å². The van der Waals surface area contributed by atoms with Gasteiger partial charge in [-0.15, -0.1) is 0 Å². The molecule has 0 atom stereocenters. The Morgan fingerprint density at radius 2 is 2.00 bits per heavy atom.